The Morgan fingerprint density at radius 2 is 2.40 bits per heavy atom. The van der Waals surface area contributed by atoms with Crippen molar-refractivity contribution < 1.29 is 9.53 Å². The molecule has 1 aromatic heterocycles. The molecule has 0 aliphatic carbocycles. The Kier molecular flexibility index (Phi) is 2.64. The fourth-order valence-electron chi connectivity index (χ4n) is 1.81. The van der Waals surface area contributed by atoms with Crippen LogP contribution in [0.2, 0.25) is 0 Å². The van der Waals surface area contributed by atoms with Gasteiger partial charge in [-0.05, 0) is 20.8 Å². The van der Waals surface area contributed by atoms with Crippen molar-refractivity contribution in [2.24, 2.45) is 5.92 Å². The average Bonchev–Trinajstić information content (AvgIpc) is 2.66. The fourth-order valence-corrected chi connectivity index (χ4v) is 2.66. The minimum atomic E-state index is -0.600. The molecule has 0 aromatic carbocycles. The summed E-state index contributed by atoms with van der Waals surface area (Å²) in [4.78, 5) is 16.3. The first kappa shape index (κ1) is 10.8. The van der Waals surface area contributed by atoms with Gasteiger partial charge in [0.2, 0.25) is 0 Å². The summed E-state index contributed by atoms with van der Waals surface area (Å²) in [6, 6.07) is 0. The number of aromatic nitrogens is 1. The maximum atomic E-state index is 11.9. The van der Waals surface area contributed by atoms with Crippen molar-refractivity contribution >= 4 is 17.1 Å². The number of hydrogen-bond donors (Lipinski definition) is 0. The Morgan fingerprint density at radius 3 is 2.87 bits per heavy atom. The molecule has 0 spiro atoms. The topological polar surface area (TPSA) is 39.2 Å². The normalized spacial score (nSPS) is 24.7. The molecule has 4 heteroatoms. The van der Waals surface area contributed by atoms with Crippen LogP contribution in [0.5, 0.6) is 0 Å². The Hall–Kier alpha value is -0.740. The van der Waals surface area contributed by atoms with Crippen LogP contribution in [0.1, 0.15) is 24.5 Å². The number of carbonyl (C=O) groups excluding carboxylic acids is 1. The highest BCUT2D eigenvalue weighted by molar-refractivity contribution is 7.09. The molecular formula is C11H15NO2S. The minimum Gasteiger partial charge on any atom is -0.367 e. The van der Waals surface area contributed by atoms with Crippen molar-refractivity contribution in [3.63, 3.8) is 0 Å². The van der Waals surface area contributed by atoms with Crippen LogP contribution in [0.4, 0.5) is 0 Å². The van der Waals surface area contributed by atoms with Gasteiger partial charge in [-0.25, -0.2) is 4.98 Å². The van der Waals surface area contributed by atoms with E-state index in [2.05, 4.69) is 4.98 Å². The van der Waals surface area contributed by atoms with E-state index < -0.39 is 5.60 Å². The van der Waals surface area contributed by atoms with E-state index in [9.17, 15) is 4.79 Å². The molecule has 15 heavy (non-hydrogen) atoms. The van der Waals surface area contributed by atoms with Gasteiger partial charge in [-0.15, -0.1) is 11.3 Å². The van der Waals surface area contributed by atoms with Gasteiger partial charge >= 0.3 is 0 Å². The number of ketones is 1. The molecule has 0 saturated carbocycles. The van der Waals surface area contributed by atoms with E-state index in [1.54, 1.807) is 11.3 Å². The first-order valence-electron chi connectivity index (χ1n) is 5.08. The first-order valence-corrected chi connectivity index (χ1v) is 5.96. The van der Waals surface area contributed by atoms with E-state index in [1.165, 1.54) is 0 Å². The number of nitrogens with zero attached hydrogens (tertiary/aromatic N) is 1. The van der Waals surface area contributed by atoms with Crippen molar-refractivity contribution in [2.45, 2.75) is 32.8 Å². The average molecular weight is 225 g/mol. The van der Waals surface area contributed by atoms with Crippen molar-refractivity contribution in [3.05, 3.63) is 16.1 Å². The lowest BCUT2D eigenvalue weighted by atomic mass is 9.94. The predicted octanol–water partition coefficient (Wildman–Crippen LogP) is 1.99. The molecule has 0 N–H and O–H groups in total. The summed E-state index contributed by atoms with van der Waals surface area (Å²) in [6.07, 6.45) is 0.723. The van der Waals surface area contributed by atoms with Crippen LogP contribution in [0.3, 0.4) is 0 Å². The van der Waals surface area contributed by atoms with Gasteiger partial charge in [-0.3, -0.25) is 4.79 Å². The van der Waals surface area contributed by atoms with E-state index in [0.29, 0.717) is 6.61 Å². The number of ether oxygens (including phenoxy) is 1. The molecule has 1 aromatic rings. The second-order valence-electron chi connectivity index (χ2n) is 4.47. The van der Waals surface area contributed by atoms with Crippen LogP contribution < -0.4 is 0 Å². The van der Waals surface area contributed by atoms with Crippen LogP contribution in [-0.2, 0) is 16.0 Å². The lowest BCUT2D eigenvalue weighted by molar-refractivity contribution is -0.130. The maximum absolute atomic E-state index is 11.9. The molecule has 0 bridgehead atoms. The second kappa shape index (κ2) is 3.68. The van der Waals surface area contributed by atoms with E-state index in [1.807, 2.05) is 26.2 Å². The summed E-state index contributed by atoms with van der Waals surface area (Å²) in [5, 5.41) is 3.05. The molecule has 1 aliphatic rings. The Balaban J connectivity index is 2.06. The van der Waals surface area contributed by atoms with Crippen LogP contribution in [0.25, 0.3) is 0 Å². The van der Waals surface area contributed by atoms with E-state index in [0.717, 1.165) is 17.1 Å². The van der Waals surface area contributed by atoms with Crippen molar-refractivity contribution in [1.29, 1.82) is 0 Å². The molecule has 2 rings (SSSR count). The summed E-state index contributed by atoms with van der Waals surface area (Å²) < 4.78 is 5.47. The highest BCUT2D eigenvalue weighted by Crippen LogP contribution is 2.28. The molecule has 1 saturated heterocycles. The first-order chi connectivity index (χ1) is 6.99. The van der Waals surface area contributed by atoms with Crippen molar-refractivity contribution in [3.8, 4) is 0 Å². The van der Waals surface area contributed by atoms with E-state index >= 15 is 0 Å². The third-order valence-electron chi connectivity index (χ3n) is 2.70. The van der Waals surface area contributed by atoms with Gasteiger partial charge in [-0.1, -0.05) is 0 Å². The minimum absolute atomic E-state index is 0.00875. The summed E-state index contributed by atoms with van der Waals surface area (Å²) in [6.45, 7) is 6.17. The molecule has 2 heterocycles. The molecule has 1 unspecified atom stereocenters. The molecule has 1 atom stereocenters. The second-order valence-corrected chi connectivity index (χ2v) is 5.41. The third kappa shape index (κ3) is 2.11. The van der Waals surface area contributed by atoms with Gasteiger partial charge in [0.25, 0.3) is 0 Å². The van der Waals surface area contributed by atoms with Crippen LogP contribution in [-0.4, -0.2) is 23.0 Å². The van der Waals surface area contributed by atoms with Gasteiger partial charge < -0.3 is 4.74 Å². The predicted molar refractivity (Wildman–Crippen MR) is 59.1 cm³/mol. The lowest BCUT2D eigenvalue weighted by Crippen LogP contribution is -2.30. The Morgan fingerprint density at radius 1 is 1.67 bits per heavy atom. The summed E-state index contributed by atoms with van der Waals surface area (Å²) in [7, 11) is 0. The zero-order chi connectivity index (χ0) is 11.1. The quantitative estimate of drug-likeness (QED) is 0.772. The molecule has 0 amide bonds. The number of Topliss-reactive ketones (excluding diaryl/α,β-unsaturated/α-hetero) is 1. The molecule has 82 valence electrons. The standard InChI is InChI=1S/C11H15NO2S/c1-7-6-15-9(12-7)4-8-5-14-11(2,3)10(8)13/h6,8H,4-5H2,1-3H3. The number of aryl methyl sites for hydroxylation is 1. The molecule has 1 fully saturated rings. The van der Waals surface area contributed by atoms with Crippen LogP contribution >= 0.6 is 11.3 Å². The van der Waals surface area contributed by atoms with Crippen LogP contribution in [0, 0.1) is 12.8 Å². The number of hydrogen-bond acceptors (Lipinski definition) is 4. The van der Waals surface area contributed by atoms with E-state index in [4.69, 9.17) is 4.74 Å². The molecule has 0 radical (unpaired) electrons. The highest BCUT2D eigenvalue weighted by atomic mass is 32.1. The molecule has 3 nitrogen and oxygen atoms in total. The zero-order valence-electron chi connectivity index (χ0n) is 9.24. The summed E-state index contributed by atoms with van der Waals surface area (Å²) in [5.74, 6) is 0.195. The Bertz CT molecular complexity index is 384. The van der Waals surface area contributed by atoms with Gasteiger partial charge in [0.1, 0.15) is 5.60 Å². The van der Waals surface area contributed by atoms with Gasteiger partial charge in [0, 0.05) is 17.5 Å². The van der Waals surface area contributed by atoms with E-state index in [-0.39, 0.29) is 11.7 Å². The fraction of sp³-hybridized carbons (Fsp3) is 0.636. The van der Waals surface area contributed by atoms with Crippen molar-refractivity contribution in [2.75, 3.05) is 6.61 Å². The number of rotatable bonds is 2. The monoisotopic (exact) mass is 225 g/mol. The summed E-state index contributed by atoms with van der Waals surface area (Å²) >= 11 is 1.62. The number of thiazole rings is 1. The summed E-state index contributed by atoms with van der Waals surface area (Å²) in [5.41, 5.74) is 0.428. The lowest BCUT2D eigenvalue weighted by Gasteiger charge is -2.13. The van der Waals surface area contributed by atoms with Crippen LogP contribution in [0.15, 0.2) is 5.38 Å². The number of carbonyl (C=O) groups is 1. The van der Waals surface area contributed by atoms with Gasteiger partial charge in [0.15, 0.2) is 5.78 Å². The Labute approximate surface area is 93.5 Å². The maximum Gasteiger partial charge on any atom is 0.169 e. The van der Waals surface area contributed by atoms with Gasteiger partial charge in [-0.2, -0.15) is 0 Å². The largest absolute Gasteiger partial charge is 0.367 e. The highest BCUT2D eigenvalue weighted by Gasteiger charge is 2.41. The van der Waals surface area contributed by atoms with Gasteiger partial charge in [0.05, 0.1) is 17.5 Å². The molecular weight excluding hydrogens is 210 g/mol. The smallest absolute Gasteiger partial charge is 0.169 e. The molecule has 1 aliphatic heterocycles. The zero-order valence-corrected chi connectivity index (χ0v) is 10.1. The van der Waals surface area contributed by atoms with Crippen molar-refractivity contribution in [1.82, 2.24) is 4.98 Å². The third-order valence-corrected chi connectivity index (χ3v) is 3.69. The SMILES string of the molecule is Cc1csc(CC2COC(C)(C)C2=O)n1.